The molecule has 2 aromatic rings. The number of benzene rings is 2. The van der Waals surface area contributed by atoms with Gasteiger partial charge in [-0.15, -0.1) is 0 Å². The maximum Gasteiger partial charge on any atom is 0.343 e. The van der Waals surface area contributed by atoms with Gasteiger partial charge in [-0.3, -0.25) is 10.1 Å². The van der Waals surface area contributed by atoms with Crippen LogP contribution in [0.15, 0.2) is 48.5 Å². The molecule has 0 saturated heterocycles. The number of para-hydroxylation sites is 2. The van der Waals surface area contributed by atoms with Gasteiger partial charge in [-0.1, -0.05) is 26.0 Å². The summed E-state index contributed by atoms with van der Waals surface area (Å²) in [5, 5.41) is 10.9. The topological polar surface area (TPSA) is 78.7 Å². The van der Waals surface area contributed by atoms with Gasteiger partial charge in [0.2, 0.25) is 5.75 Å². The van der Waals surface area contributed by atoms with E-state index in [0.717, 1.165) is 6.42 Å². The molecule has 126 valence electrons. The average molecular weight is 329 g/mol. The largest absolute Gasteiger partial charge is 0.494 e. The Bertz CT molecular complexity index is 710. The zero-order valence-electron chi connectivity index (χ0n) is 13.6. The van der Waals surface area contributed by atoms with Gasteiger partial charge in [0.05, 0.1) is 17.1 Å². The van der Waals surface area contributed by atoms with Crippen molar-refractivity contribution in [2.75, 3.05) is 6.61 Å². The van der Waals surface area contributed by atoms with Gasteiger partial charge in [0.25, 0.3) is 0 Å². The molecule has 0 aliphatic carbocycles. The predicted molar refractivity (Wildman–Crippen MR) is 89.4 cm³/mol. The van der Waals surface area contributed by atoms with E-state index < -0.39 is 10.9 Å². The number of ether oxygens (including phenoxy) is 2. The van der Waals surface area contributed by atoms with Crippen molar-refractivity contribution in [3.63, 3.8) is 0 Å². The molecule has 0 unspecified atom stereocenters. The quantitative estimate of drug-likeness (QED) is 0.328. The summed E-state index contributed by atoms with van der Waals surface area (Å²) >= 11 is 0. The summed E-state index contributed by atoms with van der Waals surface area (Å²) in [4.78, 5) is 22.5. The van der Waals surface area contributed by atoms with E-state index in [0.29, 0.717) is 23.8 Å². The zero-order chi connectivity index (χ0) is 17.5. The summed E-state index contributed by atoms with van der Waals surface area (Å²) in [7, 11) is 0. The lowest BCUT2D eigenvalue weighted by atomic mass is 10.1. The number of nitrogens with zero attached hydrogens (tertiary/aromatic N) is 1. The lowest BCUT2D eigenvalue weighted by Gasteiger charge is -2.09. The van der Waals surface area contributed by atoms with E-state index in [1.807, 2.05) is 0 Å². The number of nitro benzene ring substituents is 1. The summed E-state index contributed by atoms with van der Waals surface area (Å²) in [5.74, 6) is 0.488. The number of esters is 1. The van der Waals surface area contributed by atoms with Crippen LogP contribution >= 0.6 is 0 Å². The normalized spacial score (nSPS) is 10.5. The Morgan fingerprint density at radius 1 is 1.12 bits per heavy atom. The first-order chi connectivity index (χ1) is 11.5. The molecule has 0 atom stereocenters. The van der Waals surface area contributed by atoms with E-state index in [2.05, 4.69) is 13.8 Å². The lowest BCUT2D eigenvalue weighted by Crippen LogP contribution is -2.09. The highest BCUT2D eigenvalue weighted by atomic mass is 16.6. The van der Waals surface area contributed by atoms with Crippen LogP contribution in [0, 0.1) is 16.0 Å². The van der Waals surface area contributed by atoms with Gasteiger partial charge in [-0.05, 0) is 42.7 Å². The smallest absolute Gasteiger partial charge is 0.343 e. The van der Waals surface area contributed by atoms with Crippen LogP contribution in [-0.2, 0) is 0 Å². The first-order valence-electron chi connectivity index (χ1n) is 7.66. The van der Waals surface area contributed by atoms with Crippen LogP contribution in [-0.4, -0.2) is 17.5 Å². The van der Waals surface area contributed by atoms with Crippen LogP contribution < -0.4 is 9.47 Å². The predicted octanol–water partition coefficient (Wildman–Crippen LogP) is 4.24. The highest BCUT2D eigenvalue weighted by molar-refractivity contribution is 5.91. The molecule has 0 amide bonds. The first kappa shape index (κ1) is 17.5. The van der Waals surface area contributed by atoms with E-state index in [1.54, 1.807) is 30.3 Å². The number of hydrogen-bond donors (Lipinski definition) is 0. The Labute approximate surface area is 140 Å². The third kappa shape index (κ3) is 4.81. The van der Waals surface area contributed by atoms with Gasteiger partial charge in [0.15, 0.2) is 0 Å². The molecular weight excluding hydrogens is 310 g/mol. The molecule has 0 N–H and O–H groups in total. The van der Waals surface area contributed by atoms with Gasteiger partial charge in [0.1, 0.15) is 5.75 Å². The van der Waals surface area contributed by atoms with Crippen LogP contribution in [0.5, 0.6) is 11.5 Å². The van der Waals surface area contributed by atoms with Gasteiger partial charge < -0.3 is 9.47 Å². The summed E-state index contributed by atoms with van der Waals surface area (Å²) < 4.78 is 10.7. The third-order valence-corrected chi connectivity index (χ3v) is 3.32. The Balaban J connectivity index is 2.02. The average Bonchev–Trinajstić information content (AvgIpc) is 2.55. The molecular formula is C18H19NO5. The molecule has 0 saturated carbocycles. The van der Waals surface area contributed by atoms with Crippen molar-refractivity contribution in [1.82, 2.24) is 0 Å². The van der Waals surface area contributed by atoms with Crippen molar-refractivity contribution in [2.45, 2.75) is 20.3 Å². The minimum atomic E-state index is -0.655. The fraction of sp³-hybridized carbons (Fsp3) is 0.278. The Morgan fingerprint density at radius 2 is 1.79 bits per heavy atom. The lowest BCUT2D eigenvalue weighted by molar-refractivity contribution is -0.385. The molecule has 0 bridgehead atoms. The Hall–Kier alpha value is -2.89. The second kappa shape index (κ2) is 8.10. The van der Waals surface area contributed by atoms with Gasteiger partial charge >= 0.3 is 11.7 Å². The summed E-state index contributed by atoms with van der Waals surface area (Å²) in [6.07, 6.45) is 0.946. The van der Waals surface area contributed by atoms with Crippen molar-refractivity contribution in [3.05, 3.63) is 64.2 Å². The van der Waals surface area contributed by atoms with Crippen molar-refractivity contribution in [1.29, 1.82) is 0 Å². The van der Waals surface area contributed by atoms with Crippen molar-refractivity contribution >= 4 is 11.7 Å². The first-order valence-corrected chi connectivity index (χ1v) is 7.66. The minimum absolute atomic E-state index is 0.0789. The fourth-order valence-corrected chi connectivity index (χ4v) is 1.95. The fourth-order valence-electron chi connectivity index (χ4n) is 1.95. The van der Waals surface area contributed by atoms with Crippen LogP contribution in [0.4, 0.5) is 5.69 Å². The number of carbonyl (C=O) groups is 1. The van der Waals surface area contributed by atoms with E-state index in [-0.39, 0.29) is 11.4 Å². The van der Waals surface area contributed by atoms with Crippen LogP contribution in [0.25, 0.3) is 0 Å². The molecule has 6 heteroatoms. The number of nitro groups is 1. The van der Waals surface area contributed by atoms with Crippen LogP contribution in [0.1, 0.15) is 30.6 Å². The van der Waals surface area contributed by atoms with E-state index in [1.165, 1.54) is 18.2 Å². The van der Waals surface area contributed by atoms with Gasteiger partial charge in [0, 0.05) is 6.07 Å². The number of carbonyl (C=O) groups excluding carboxylic acids is 1. The zero-order valence-corrected chi connectivity index (χ0v) is 13.6. The Morgan fingerprint density at radius 3 is 2.42 bits per heavy atom. The minimum Gasteiger partial charge on any atom is -0.494 e. The number of rotatable bonds is 7. The second-order valence-electron chi connectivity index (χ2n) is 5.67. The highest BCUT2D eigenvalue weighted by Gasteiger charge is 2.18. The molecule has 0 aromatic heterocycles. The molecule has 24 heavy (non-hydrogen) atoms. The molecule has 2 rings (SSSR count). The van der Waals surface area contributed by atoms with Crippen LogP contribution in [0.2, 0.25) is 0 Å². The SMILES string of the molecule is CC(C)CCOc1ccc(C(=O)Oc2ccccc2[N+](=O)[O-])cc1. The van der Waals surface area contributed by atoms with E-state index >= 15 is 0 Å². The molecule has 0 aliphatic rings. The summed E-state index contributed by atoms with van der Waals surface area (Å²) in [6, 6.07) is 12.3. The Kier molecular flexibility index (Phi) is 5.89. The van der Waals surface area contributed by atoms with E-state index in [9.17, 15) is 14.9 Å². The molecule has 0 heterocycles. The molecule has 2 aromatic carbocycles. The molecule has 0 spiro atoms. The van der Waals surface area contributed by atoms with Gasteiger partial charge in [-0.25, -0.2) is 4.79 Å². The molecule has 6 nitrogen and oxygen atoms in total. The molecule has 0 radical (unpaired) electrons. The second-order valence-corrected chi connectivity index (χ2v) is 5.67. The molecule has 0 fully saturated rings. The van der Waals surface area contributed by atoms with Crippen molar-refractivity contribution < 1.29 is 19.2 Å². The molecule has 0 aliphatic heterocycles. The summed E-state index contributed by atoms with van der Waals surface area (Å²) in [6.45, 7) is 4.84. The number of hydrogen-bond acceptors (Lipinski definition) is 5. The third-order valence-electron chi connectivity index (χ3n) is 3.32. The maximum atomic E-state index is 12.1. The summed E-state index contributed by atoms with van der Waals surface area (Å²) in [5.41, 5.74) is 0.0452. The van der Waals surface area contributed by atoms with Crippen LogP contribution in [0.3, 0.4) is 0 Å². The maximum absolute atomic E-state index is 12.1. The van der Waals surface area contributed by atoms with Crippen molar-refractivity contribution in [3.8, 4) is 11.5 Å². The standard InChI is InChI=1S/C18H19NO5/c1-13(2)11-12-23-15-9-7-14(8-10-15)18(20)24-17-6-4-3-5-16(17)19(21)22/h3-10,13H,11-12H2,1-2H3. The van der Waals surface area contributed by atoms with Gasteiger partial charge in [-0.2, -0.15) is 0 Å². The van der Waals surface area contributed by atoms with Crippen molar-refractivity contribution in [2.24, 2.45) is 5.92 Å². The van der Waals surface area contributed by atoms with E-state index in [4.69, 9.17) is 9.47 Å². The highest BCUT2D eigenvalue weighted by Crippen LogP contribution is 2.26. The monoisotopic (exact) mass is 329 g/mol.